The van der Waals surface area contributed by atoms with Crippen LogP contribution >= 0.6 is 22.9 Å². The number of benzene rings is 2. The van der Waals surface area contributed by atoms with Crippen molar-refractivity contribution >= 4 is 44.7 Å². The fraction of sp³-hybridized carbons (Fsp3) is 0.0625. The fourth-order valence-electron chi connectivity index (χ4n) is 2.24. The van der Waals surface area contributed by atoms with E-state index in [9.17, 15) is 9.90 Å². The SMILES string of the molecule is O=C(O)c1sc2ccccc2c1CNc1cccc(Cl)c1. The minimum absolute atomic E-state index is 0.380. The van der Waals surface area contributed by atoms with Gasteiger partial charge >= 0.3 is 5.97 Å². The van der Waals surface area contributed by atoms with E-state index in [1.54, 1.807) is 6.07 Å². The molecule has 0 amide bonds. The molecule has 0 bridgehead atoms. The summed E-state index contributed by atoms with van der Waals surface area (Å²) in [6.45, 7) is 0.450. The largest absolute Gasteiger partial charge is 0.477 e. The van der Waals surface area contributed by atoms with Gasteiger partial charge in [0.25, 0.3) is 0 Å². The Morgan fingerprint density at radius 2 is 2.00 bits per heavy atom. The van der Waals surface area contributed by atoms with Crippen LogP contribution in [0.2, 0.25) is 5.02 Å². The molecular formula is C16H12ClNO2S. The Bertz CT molecular complexity index is 813. The first kappa shape index (κ1) is 13.9. The summed E-state index contributed by atoms with van der Waals surface area (Å²) in [5, 5.41) is 14.2. The molecule has 2 aromatic carbocycles. The highest BCUT2D eigenvalue weighted by molar-refractivity contribution is 7.21. The number of hydrogen-bond acceptors (Lipinski definition) is 3. The van der Waals surface area contributed by atoms with E-state index in [1.165, 1.54) is 11.3 Å². The van der Waals surface area contributed by atoms with E-state index in [1.807, 2.05) is 42.5 Å². The Morgan fingerprint density at radius 1 is 1.19 bits per heavy atom. The van der Waals surface area contributed by atoms with Crippen LogP contribution in [0.5, 0.6) is 0 Å². The molecule has 0 aliphatic carbocycles. The average Bonchev–Trinajstić information content (AvgIpc) is 2.84. The van der Waals surface area contributed by atoms with Gasteiger partial charge < -0.3 is 10.4 Å². The lowest BCUT2D eigenvalue weighted by atomic mass is 10.1. The van der Waals surface area contributed by atoms with Crippen molar-refractivity contribution in [2.75, 3.05) is 5.32 Å². The van der Waals surface area contributed by atoms with Crippen LogP contribution in [-0.2, 0) is 6.54 Å². The molecule has 21 heavy (non-hydrogen) atoms. The quantitative estimate of drug-likeness (QED) is 0.722. The maximum absolute atomic E-state index is 11.4. The molecule has 0 radical (unpaired) electrons. The Hall–Kier alpha value is -2.04. The average molecular weight is 318 g/mol. The first-order valence-corrected chi connectivity index (χ1v) is 7.58. The van der Waals surface area contributed by atoms with Gasteiger partial charge in [0.15, 0.2) is 0 Å². The number of thiophene rings is 1. The normalized spacial score (nSPS) is 10.7. The number of aromatic carboxylic acids is 1. The van der Waals surface area contributed by atoms with Gasteiger partial charge in [-0.3, -0.25) is 0 Å². The van der Waals surface area contributed by atoms with Gasteiger partial charge in [-0.05, 0) is 29.7 Å². The topological polar surface area (TPSA) is 49.3 Å². The van der Waals surface area contributed by atoms with Crippen molar-refractivity contribution in [2.24, 2.45) is 0 Å². The van der Waals surface area contributed by atoms with Crippen LogP contribution in [0.25, 0.3) is 10.1 Å². The van der Waals surface area contributed by atoms with Crippen LogP contribution < -0.4 is 5.32 Å². The number of nitrogens with one attached hydrogen (secondary N) is 1. The molecular weight excluding hydrogens is 306 g/mol. The zero-order chi connectivity index (χ0) is 14.8. The smallest absolute Gasteiger partial charge is 0.346 e. The molecule has 0 saturated carbocycles. The van der Waals surface area contributed by atoms with Crippen LogP contribution in [0.15, 0.2) is 48.5 Å². The summed E-state index contributed by atoms with van der Waals surface area (Å²) in [5.74, 6) is -0.890. The van der Waals surface area contributed by atoms with Crippen LogP contribution in [0, 0.1) is 0 Å². The van der Waals surface area contributed by atoms with E-state index in [4.69, 9.17) is 11.6 Å². The molecule has 5 heteroatoms. The van der Waals surface area contributed by atoms with E-state index in [0.29, 0.717) is 16.4 Å². The Balaban J connectivity index is 1.95. The number of carboxylic acid groups (broad SMARTS) is 1. The third-order valence-corrected chi connectivity index (χ3v) is 4.62. The molecule has 3 rings (SSSR count). The lowest BCUT2D eigenvalue weighted by Gasteiger charge is -2.07. The third kappa shape index (κ3) is 2.86. The summed E-state index contributed by atoms with van der Waals surface area (Å²) >= 11 is 7.25. The monoisotopic (exact) mass is 317 g/mol. The molecule has 0 aliphatic heterocycles. The highest BCUT2D eigenvalue weighted by atomic mass is 35.5. The van der Waals surface area contributed by atoms with Crippen molar-refractivity contribution < 1.29 is 9.90 Å². The van der Waals surface area contributed by atoms with Crippen molar-refractivity contribution in [3.63, 3.8) is 0 Å². The summed E-state index contributed by atoms with van der Waals surface area (Å²) in [7, 11) is 0. The summed E-state index contributed by atoms with van der Waals surface area (Å²) in [6.07, 6.45) is 0. The minimum Gasteiger partial charge on any atom is -0.477 e. The van der Waals surface area contributed by atoms with E-state index in [2.05, 4.69) is 5.32 Å². The van der Waals surface area contributed by atoms with Gasteiger partial charge in [-0.1, -0.05) is 35.9 Å². The van der Waals surface area contributed by atoms with Gasteiger partial charge in [0.05, 0.1) is 0 Å². The second-order valence-corrected chi connectivity index (χ2v) is 6.06. The standard InChI is InChI=1S/C16H12ClNO2S/c17-10-4-3-5-11(8-10)18-9-13-12-6-1-2-7-14(12)21-15(13)16(19)20/h1-8,18H,9H2,(H,19,20). The van der Waals surface area contributed by atoms with Crippen molar-refractivity contribution in [1.29, 1.82) is 0 Å². The summed E-state index contributed by atoms with van der Waals surface area (Å²) in [5.41, 5.74) is 1.68. The highest BCUT2D eigenvalue weighted by Crippen LogP contribution is 2.32. The maximum Gasteiger partial charge on any atom is 0.346 e. The zero-order valence-corrected chi connectivity index (χ0v) is 12.5. The predicted molar refractivity (Wildman–Crippen MR) is 87.6 cm³/mol. The van der Waals surface area contributed by atoms with Crippen molar-refractivity contribution in [1.82, 2.24) is 0 Å². The van der Waals surface area contributed by atoms with E-state index >= 15 is 0 Å². The molecule has 0 fully saturated rings. The molecule has 3 aromatic rings. The summed E-state index contributed by atoms with van der Waals surface area (Å²) in [6, 6.07) is 15.1. The Kier molecular flexibility index (Phi) is 3.82. The number of hydrogen-bond donors (Lipinski definition) is 2. The first-order chi connectivity index (χ1) is 10.1. The van der Waals surface area contributed by atoms with Crippen molar-refractivity contribution in [2.45, 2.75) is 6.54 Å². The van der Waals surface area contributed by atoms with E-state index in [0.717, 1.165) is 21.3 Å². The van der Waals surface area contributed by atoms with Crippen molar-refractivity contribution in [3.05, 3.63) is 64.0 Å². The molecule has 0 unspecified atom stereocenters. The first-order valence-electron chi connectivity index (χ1n) is 6.38. The predicted octanol–water partition coefficient (Wildman–Crippen LogP) is 4.87. The highest BCUT2D eigenvalue weighted by Gasteiger charge is 2.17. The molecule has 0 aliphatic rings. The van der Waals surface area contributed by atoms with Crippen molar-refractivity contribution in [3.8, 4) is 0 Å². The van der Waals surface area contributed by atoms with Gasteiger partial charge in [0.2, 0.25) is 0 Å². The molecule has 3 nitrogen and oxygen atoms in total. The second-order valence-electron chi connectivity index (χ2n) is 4.57. The lowest BCUT2D eigenvalue weighted by molar-refractivity contribution is 0.0701. The van der Waals surface area contributed by atoms with Gasteiger partial charge in [-0.2, -0.15) is 0 Å². The second kappa shape index (κ2) is 5.76. The number of anilines is 1. The number of halogens is 1. The Labute approximate surface area is 130 Å². The van der Waals surface area contributed by atoms with Crippen LogP contribution in [0.3, 0.4) is 0 Å². The third-order valence-electron chi connectivity index (χ3n) is 3.19. The molecule has 2 N–H and O–H groups in total. The molecule has 0 atom stereocenters. The van der Waals surface area contributed by atoms with Crippen LogP contribution in [0.4, 0.5) is 5.69 Å². The molecule has 1 aromatic heterocycles. The van der Waals surface area contributed by atoms with Crippen LogP contribution in [0.1, 0.15) is 15.2 Å². The van der Waals surface area contributed by atoms with E-state index < -0.39 is 5.97 Å². The molecule has 0 spiro atoms. The number of carboxylic acids is 1. The number of rotatable bonds is 4. The van der Waals surface area contributed by atoms with Gasteiger partial charge in [-0.15, -0.1) is 11.3 Å². The number of fused-ring (bicyclic) bond motifs is 1. The van der Waals surface area contributed by atoms with Gasteiger partial charge in [0, 0.05) is 27.5 Å². The molecule has 106 valence electrons. The molecule has 1 heterocycles. The zero-order valence-electron chi connectivity index (χ0n) is 11.0. The number of carbonyl (C=O) groups is 1. The van der Waals surface area contributed by atoms with Gasteiger partial charge in [-0.25, -0.2) is 4.79 Å². The Morgan fingerprint density at radius 3 is 2.76 bits per heavy atom. The van der Waals surface area contributed by atoms with E-state index in [-0.39, 0.29) is 0 Å². The maximum atomic E-state index is 11.4. The summed E-state index contributed by atoms with van der Waals surface area (Å²) < 4.78 is 0.984. The fourth-order valence-corrected chi connectivity index (χ4v) is 3.49. The lowest BCUT2D eigenvalue weighted by Crippen LogP contribution is -2.04. The van der Waals surface area contributed by atoms with Crippen LogP contribution in [-0.4, -0.2) is 11.1 Å². The van der Waals surface area contributed by atoms with Gasteiger partial charge in [0.1, 0.15) is 4.88 Å². The minimum atomic E-state index is -0.890. The summed E-state index contributed by atoms with van der Waals surface area (Å²) in [4.78, 5) is 11.8. The molecule has 0 saturated heterocycles.